The lowest BCUT2D eigenvalue weighted by Gasteiger charge is -2.30. The van der Waals surface area contributed by atoms with Gasteiger partial charge in [0, 0.05) is 25.3 Å². The van der Waals surface area contributed by atoms with E-state index >= 15 is 0 Å². The van der Waals surface area contributed by atoms with Crippen molar-refractivity contribution in [2.45, 2.75) is 69.8 Å². The van der Waals surface area contributed by atoms with Crippen molar-refractivity contribution in [3.8, 4) is 0 Å². The van der Waals surface area contributed by atoms with E-state index in [9.17, 15) is 14.4 Å². The number of amides is 2. The lowest BCUT2D eigenvalue weighted by Crippen LogP contribution is -2.37. The third-order valence-electron chi connectivity index (χ3n) is 4.73. The van der Waals surface area contributed by atoms with E-state index in [0.717, 1.165) is 25.7 Å². The highest BCUT2D eigenvalue weighted by atomic mass is 32.2. The van der Waals surface area contributed by atoms with E-state index in [4.69, 9.17) is 0 Å². The molecule has 5 heteroatoms. The van der Waals surface area contributed by atoms with Crippen molar-refractivity contribution in [3.05, 3.63) is 0 Å². The summed E-state index contributed by atoms with van der Waals surface area (Å²) in [5.74, 6) is 0.914. The number of carbonyl (C=O) groups is 3. The van der Waals surface area contributed by atoms with Crippen LogP contribution >= 0.6 is 11.8 Å². The lowest BCUT2D eigenvalue weighted by molar-refractivity contribution is -0.139. The first-order valence-electron chi connectivity index (χ1n) is 8.44. The van der Waals surface area contributed by atoms with E-state index in [0.29, 0.717) is 36.3 Å². The minimum absolute atomic E-state index is 0.00421. The molecule has 1 atom stereocenters. The van der Waals surface area contributed by atoms with Crippen molar-refractivity contribution in [1.29, 1.82) is 0 Å². The Bertz CT molecular complexity index is 441. The normalized spacial score (nSPS) is 29.5. The molecule has 1 aliphatic carbocycles. The highest BCUT2D eigenvalue weighted by Gasteiger charge is 2.40. The van der Waals surface area contributed by atoms with Gasteiger partial charge in [-0.3, -0.25) is 19.3 Å². The number of rotatable bonds is 6. The Morgan fingerprint density at radius 3 is 2.41 bits per heavy atom. The van der Waals surface area contributed by atoms with Crippen LogP contribution in [0.1, 0.15) is 59.3 Å². The molecule has 124 valence electrons. The second kappa shape index (κ2) is 7.62. The van der Waals surface area contributed by atoms with Gasteiger partial charge in [-0.2, -0.15) is 0 Å². The standard InChI is InChI=1S/C17H27NO3S/c1-4-14(19)13-7-5-12(6-8-13)10-18-16(20)9-15(17(18)21)22-11(2)3/h11-13,15H,4-10H2,1-3H3. The minimum Gasteiger partial charge on any atom is -0.299 e. The van der Waals surface area contributed by atoms with E-state index in [1.807, 2.05) is 6.92 Å². The maximum absolute atomic E-state index is 12.4. The van der Waals surface area contributed by atoms with Crippen molar-refractivity contribution >= 4 is 29.4 Å². The summed E-state index contributed by atoms with van der Waals surface area (Å²) in [4.78, 5) is 37.7. The maximum atomic E-state index is 12.4. The number of nitrogens with zero attached hydrogens (tertiary/aromatic N) is 1. The number of likely N-dealkylation sites (tertiary alicyclic amines) is 1. The Morgan fingerprint density at radius 1 is 1.23 bits per heavy atom. The topological polar surface area (TPSA) is 54.5 Å². The van der Waals surface area contributed by atoms with Crippen molar-refractivity contribution in [1.82, 2.24) is 4.90 Å². The summed E-state index contributed by atoms with van der Waals surface area (Å²) in [7, 11) is 0. The Balaban J connectivity index is 1.85. The van der Waals surface area contributed by atoms with E-state index in [1.165, 1.54) is 4.90 Å². The quantitative estimate of drug-likeness (QED) is 0.704. The monoisotopic (exact) mass is 325 g/mol. The Kier molecular flexibility index (Phi) is 6.07. The molecular formula is C17H27NO3S. The minimum atomic E-state index is -0.189. The highest BCUT2D eigenvalue weighted by Crippen LogP contribution is 2.33. The molecule has 2 aliphatic rings. The predicted octanol–water partition coefficient (Wildman–Crippen LogP) is 3.04. The zero-order valence-corrected chi connectivity index (χ0v) is 14.7. The molecule has 0 aromatic heterocycles. The third-order valence-corrected chi connectivity index (χ3v) is 5.97. The molecule has 2 fully saturated rings. The molecule has 0 bridgehead atoms. The van der Waals surface area contributed by atoms with Crippen LogP contribution in [0.4, 0.5) is 0 Å². The Hall–Kier alpha value is -0.840. The fourth-order valence-corrected chi connectivity index (χ4v) is 4.63. The molecule has 0 aromatic rings. The molecule has 1 aliphatic heterocycles. The molecule has 1 saturated carbocycles. The smallest absolute Gasteiger partial charge is 0.242 e. The first kappa shape index (κ1) is 17.5. The predicted molar refractivity (Wildman–Crippen MR) is 88.6 cm³/mol. The van der Waals surface area contributed by atoms with Gasteiger partial charge in [0.05, 0.1) is 5.25 Å². The van der Waals surface area contributed by atoms with Crippen LogP contribution in [0.5, 0.6) is 0 Å². The van der Waals surface area contributed by atoms with Gasteiger partial charge >= 0.3 is 0 Å². The number of Topliss-reactive ketones (excluding diaryl/α,β-unsaturated/α-hetero) is 1. The number of ketones is 1. The average molecular weight is 325 g/mol. The van der Waals surface area contributed by atoms with Crippen LogP contribution in [0.2, 0.25) is 0 Å². The van der Waals surface area contributed by atoms with Crippen LogP contribution in [-0.4, -0.2) is 39.5 Å². The lowest BCUT2D eigenvalue weighted by atomic mass is 9.79. The average Bonchev–Trinajstić information content (AvgIpc) is 2.74. The maximum Gasteiger partial charge on any atom is 0.242 e. The van der Waals surface area contributed by atoms with Crippen molar-refractivity contribution < 1.29 is 14.4 Å². The van der Waals surface area contributed by atoms with Crippen molar-refractivity contribution in [3.63, 3.8) is 0 Å². The van der Waals surface area contributed by atoms with Crippen molar-refractivity contribution in [2.75, 3.05) is 6.54 Å². The third kappa shape index (κ3) is 4.12. The van der Waals surface area contributed by atoms with Gasteiger partial charge in [0.25, 0.3) is 0 Å². The van der Waals surface area contributed by atoms with Gasteiger partial charge in [-0.1, -0.05) is 20.8 Å². The number of carbonyl (C=O) groups excluding carboxylic acids is 3. The number of hydrogen-bond acceptors (Lipinski definition) is 4. The summed E-state index contributed by atoms with van der Waals surface area (Å²) in [5, 5.41) is 0.169. The molecular weight excluding hydrogens is 298 g/mol. The second-order valence-corrected chi connectivity index (χ2v) is 8.54. The Labute approximate surface area is 137 Å². The summed E-state index contributed by atoms with van der Waals surface area (Å²) in [5.41, 5.74) is 0. The number of thioether (sulfide) groups is 1. The number of hydrogen-bond donors (Lipinski definition) is 0. The largest absolute Gasteiger partial charge is 0.299 e. The van der Waals surface area contributed by atoms with Crippen LogP contribution in [0, 0.1) is 11.8 Å². The van der Waals surface area contributed by atoms with Crippen LogP contribution < -0.4 is 0 Å². The fourth-order valence-electron chi connectivity index (χ4n) is 3.49. The van der Waals surface area contributed by atoms with Crippen LogP contribution in [0.25, 0.3) is 0 Å². The van der Waals surface area contributed by atoms with Crippen LogP contribution in [0.15, 0.2) is 0 Å². The fraction of sp³-hybridized carbons (Fsp3) is 0.824. The first-order valence-corrected chi connectivity index (χ1v) is 9.39. The summed E-state index contributed by atoms with van der Waals surface area (Å²) in [6, 6.07) is 0. The van der Waals surface area contributed by atoms with Gasteiger partial charge in [0.1, 0.15) is 5.78 Å². The molecule has 0 spiro atoms. The molecule has 4 nitrogen and oxygen atoms in total. The van der Waals surface area contributed by atoms with E-state index in [-0.39, 0.29) is 23.0 Å². The van der Waals surface area contributed by atoms with Gasteiger partial charge < -0.3 is 0 Å². The number of imide groups is 1. The summed E-state index contributed by atoms with van der Waals surface area (Å²) in [6.45, 7) is 6.58. The molecule has 0 radical (unpaired) electrons. The zero-order chi connectivity index (χ0) is 16.3. The van der Waals surface area contributed by atoms with Crippen LogP contribution in [0.3, 0.4) is 0 Å². The van der Waals surface area contributed by atoms with Crippen LogP contribution in [-0.2, 0) is 14.4 Å². The van der Waals surface area contributed by atoms with Gasteiger partial charge in [0.2, 0.25) is 11.8 Å². The molecule has 2 amide bonds. The Morgan fingerprint density at radius 2 is 1.86 bits per heavy atom. The summed E-state index contributed by atoms with van der Waals surface area (Å²) < 4.78 is 0. The van der Waals surface area contributed by atoms with Gasteiger partial charge in [-0.05, 0) is 36.9 Å². The van der Waals surface area contributed by atoms with E-state index in [2.05, 4.69) is 13.8 Å². The first-order chi connectivity index (χ1) is 10.4. The summed E-state index contributed by atoms with van der Waals surface area (Å²) >= 11 is 1.59. The molecule has 1 saturated heterocycles. The van der Waals surface area contributed by atoms with Gasteiger partial charge in [0.15, 0.2) is 0 Å². The second-order valence-electron chi connectivity index (χ2n) is 6.76. The van der Waals surface area contributed by atoms with Gasteiger partial charge in [-0.25, -0.2) is 0 Å². The SMILES string of the molecule is CCC(=O)C1CCC(CN2C(=O)CC(SC(C)C)C2=O)CC1. The zero-order valence-electron chi connectivity index (χ0n) is 13.8. The molecule has 1 heterocycles. The summed E-state index contributed by atoms with van der Waals surface area (Å²) in [6.07, 6.45) is 4.71. The molecule has 2 rings (SSSR count). The molecule has 1 unspecified atom stereocenters. The molecule has 0 aromatic carbocycles. The molecule has 0 N–H and O–H groups in total. The van der Waals surface area contributed by atoms with Gasteiger partial charge in [-0.15, -0.1) is 11.8 Å². The van der Waals surface area contributed by atoms with Crippen molar-refractivity contribution in [2.24, 2.45) is 11.8 Å². The van der Waals surface area contributed by atoms with E-state index < -0.39 is 0 Å². The van der Waals surface area contributed by atoms with E-state index in [1.54, 1.807) is 11.8 Å². The highest BCUT2D eigenvalue weighted by molar-refractivity contribution is 8.01. The molecule has 22 heavy (non-hydrogen) atoms.